The Morgan fingerprint density at radius 1 is 1.00 bits per heavy atom. The molecule has 1 fully saturated rings. The number of likely N-dealkylation sites (tertiary alicyclic amines) is 1. The normalized spacial score (nSPS) is 24.5. The third kappa shape index (κ3) is 2.34. The van der Waals surface area contributed by atoms with Gasteiger partial charge in [0.15, 0.2) is 11.5 Å². The summed E-state index contributed by atoms with van der Waals surface area (Å²) in [5, 5.41) is 7.37. The fourth-order valence-electron chi connectivity index (χ4n) is 4.78. The Morgan fingerprint density at radius 2 is 1.82 bits per heavy atom. The van der Waals surface area contributed by atoms with Crippen LogP contribution < -0.4 is 14.2 Å². The van der Waals surface area contributed by atoms with Crippen molar-refractivity contribution in [2.24, 2.45) is 5.10 Å². The topological polar surface area (TPSA) is 46.5 Å². The van der Waals surface area contributed by atoms with Gasteiger partial charge in [0, 0.05) is 43.5 Å². The minimum atomic E-state index is -0.358. The zero-order valence-corrected chi connectivity index (χ0v) is 15.9. The molecule has 0 amide bonds. The van der Waals surface area contributed by atoms with Crippen LogP contribution in [0.25, 0.3) is 0 Å². The first-order valence-corrected chi connectivity index (χ1v) is 9.95. The summed E-state index contributed by atoms with van der Waals surface area (Å²) < 4.78 is 17.7. The van der Waals surface area contributed by atoms with E-state index in [9.17, 15) is 0 Å². The Balaban J connectivity index is 1.42. The lowest BCUT2D eigenvalue weighted by molar-refractivity contribution is -0.147. The van der Waals surface area contributed by atoms with Crippen LogP contribution in [0.1, 0.15) is 36.4 Å². The van der Waals surface area contributed by atoms with Crippen LogP contribution in [0.4, 0.5) is 0 Å². The Morgan fingerprint density at radius 3 is 2.71 bits per heavy atom. The predicted octanol–water partition coefficient (Wildman–Crippen LogP) is 3.38. The van der Waals surface area contributed by atoms with Crippen molar-refractivity contribution >= 4 is 5.71 Å². The molecule has 6 nitrogen and oxygen atoms in total. The van der Waals surface area contributed by atoms with Crippen LogP contribution in [-0.2, 0) is 0 Å². The molecule has 4 aliphatic rings. The number of piperidine rings is 1. The maximum Gasteiger partial charge on any atom is 0.231 e. The summed E-state index contributed by atoms with van der Waals surface area (Å²) in [6.07, 6.45) is 2.77. The van der Waals surface area contributed by atoms with E-state index in [4.69, 9.17) is 19.3 Å². The quantitative estimate of drug-likeness (QED) is 0.762. The first-order chi connectivity index (χ1) is 13.7. The highest BCUT2D eigenvalue weighted by molar-refractivity contribution is 6.02. The molecular formula is C22H23N3O3. The summed E-state index contributed by atoms with van der Waals surface area (Å²) in [6.45, 7) is 2.32. The van der Waals surface area contributed by atoms with Gasteiger partial charge in [-0.15, -0.1) is 0 Å². The van der Waals surface area contributed by atoms with Crippen LogP contribution in [-0.4, -0.2) is 48.3 Å². The Hall–Kier alpha value is -2.73. The summed E-state index contributed by atoms with van der Waals surface area (Å²) in [6, 6.07) is 14.8. The highest BCUT2D eigenvalue weighted by atomic mass is 16.7. The highest BCUT2D eigenvalue weighted by Crippen LogP contribution is 2.50. The molecule has 2 aromatic rings. The van der Waals surface area contributed by atoms with Crippen molar-refractivity contribution < 1.29 is 14.2 Å². The van der Waals surface area contributed by atoms with Crippen molar-refractivity contribution in [1.29, 1.82) is 0 Å². The van der Waals surface area contributed by atoms with Crippen molar-refractivity contribution in [2.45, 2.75) is 31.0 Å². The monoisotopic (exact) mass is 377 g/mol. The SMILES string of the molecule is CN1CCC2(CC1)Oc1ccccc1[C@@H]1CC(c3ccc4c(c3)OCO4)=NN12. The van der Waals surface area contributed by atoms with Crippen molar-refractivity contribution in [3.8, 4) is 17.2 Å². The van der Waals surface area contributed by atoms with Crippen LogP contribution in [0.15, 0.2) is 47.6 Å². The summed E-state index contributed by atoms with van der Waals surface area (Å²) >= 11 is 0. The molecular weight excluding hydrogens is 354 g/mol. The second kappa shape index (κ2) is 5.88. The van der Waals surface area contributed by atoms with E-state index in [1.807, 2.05) is 12.1 Å². The van der Waals surface area contributed by atoms with Gasteiger partial charge in [-0.25, -0.2) is 5.01 Å². The number of hydrogen-bond acceptors (Lipinski definition) is 6. The molecule has 4 aliphatic heterocycles. The first kappa shape index (κ1) is 16.2. The molecule has 6 rings (SSSR count). The lowest BCUT2D eigenvalue weighted by atomic mass is 9.91. The second-order valence-electron chi connectivity index (χ2n) is 8.07. The first-order valence-electron chi connectivity index (χ1n) is 9.95. The zero-order chi connectivity index (χ0) is 18.7. The Kier molecular flexibility index (Phi) is 3.41. The van der Waals surface area contributed by atoms with E-state index in [1.165, 1.54) is 5.56 Å². The molecule has 28 heavy (non-hydrogen) atoms. The standard InChI is InChI=1S/C22H23N3O3/c1-24-10-8-22(9-11-24)25-18(16-4-2-3-5-19(16)28-22)13-17(23-25)15-6-7-20-21(12-15)27-14-26-20/h2-7,12,18H,8-11,13-14H2,1H3/t18-/m0/s1. The summed E-state index contributed by atoms with van der Waals surface area (Å²) in [5.74, 6) is 2.62. The summed E-state index contributed by atoms with van der Waals surface area (Å²) in [7, 11) is 2.17. The molecule has 0 unspecified atom stereocenters. The lowest BCUT2D eigenvalue weighted by Gasteiger charge is -2.50. The van der Waals surface area contributed by atoms with Gasteiger partial charge in [0.05, 0.1) is 11.8 Å². The van der Waals surface area contributed by atoms with E-state index in [0.29, 0.717) is 0 Å². The van der Waals surface area contributed by atoms with Crippen LogP contribution in [0.3, 0.4) is 0 Å². The molecule has 0 saturated carbocycles. The minimum Gasteiger partial charge on any atom is -0.466 e. The van der Waals surface area contributed by atoms with E-state index >= 15 is 0 Å². The molecule has 1 spiro atoms. The smallest absolute Gasteiger partial charge is 0.231 e. The summed E-state index contributed by atoms with van der Waals surface area (Å²) in [5.41, 5.74) is 3.05. The van der Waals surface area contributed by atoms with Crippen molar-refractivity contribution in [3.05, 3.63) is 53.6 Å². The van der Waals surface area contributed by atoms with Gasteiger partial charge in [-0.2, -0.15) is 5.10 Å². The number of para-hydroxylation sites is 1. The van der Waals surface area contributed by atoms with E-state index in [1.54, 1.807) is 0 Å². The molecule has 4 heterocycles. The van der Waals surface area contributed by atoms with Gasteiger partial charge in [0.1, 0.15) is 5.75 Å². The average molecular weight is 377 g/mol. The maximum absolute atomic E-state index is 6.63. The minimum absolute atomic E-state index is 0.216. The van der Waals surface area contributed by atoms with Crippen molar-refractivity contribution in [2.75, 3.05) is 26.9 Å². The number of fused-ring (bicyclic) bond motifs is 5. The van der Waals surface area contributed by atoms with Crippen LogP contribution >= 0.6 is 0 Å². The van der Waals surface area contributed by atoms with Crippen LogP contribution in [0.5, 0.6) is 17.2 Å². The highest BCUT2D eigenvalue weighted by Gasteiger charge is 2.51. The van der Waals surface area contributed by atoms with Gasteiger partial charge in [0.2, 0.25) is 12.5 Å². The lowest BCUT2D eigenvalue weighted by Crippen LogP contribution is -2.58. The fourth-order valence-corrected chi connectivity index (χ4v) is 4.78. The Bertz CT molecular complexity index is 965. The van der Waals surface area contributed by atoms with Gasteiger partial charge in [-0.3, -0.25) is 0 Å². The third-order valence-corrected chi connectivity index (χ3v) is 6.38. The number of nitrogens with zero attached hydrogens (tertiary/aromatic N) is 3. The molecule has 0 aliphatic carbocycles. The van der Waals surface area contributed by atoms with E-state index < -0.39 is 0 Å². The van der Waals surface area contributed by atoms with Gasteiger partial charge in [0.25, 0.3) is 0 Å². The van der Waals surface area contributed by atoms with Crippen LogP contribution in [0.2, 0.25) is 0 Å². The second-order valence-corrected chi connectivity index (χ2v) is 8.07. The number of rotatable bonds is 1. The largest absolute Gasteiger partial charge is 0.466 e. The molecule has 0 radical (unpaired) electrons. The van der Waals surface area contributed by atoms with Gasteiger partial charge in [-0.05, 0) is 31.3 Å². The van der Waals surface area contributed by atoms with Gasteiger partial charge < -0.3 is 19.1 Å². The molecule has 2 aromatic carbocycles. The molecule has 0 bridgehead atoms. The molecule has 1 atom stereocenters. The third-order valence-electron chi connectivity index (χ3n) is 6.38. The molecule has 0 N–H and O–H groups in total. The predicted molar refractivity (Wildman–Crippen MR) is 105 cm³/mol. The van der Waals surface area contributed by atoms with Crippen LogP contribution in [0, 0.1) is 0 Å². The number of hydrogen-bond donors (Lipinski definition) is 0. The van der Waals surface area contributed by atoms with E-state index in [2.05, 4.69) is 47.3 Å². The average Bonchev–Trinajstić information content (AvgIpc) is 3.37. The summed E-state index contributed by atoms with van der Waals surface area (Å²) in [4.78, 5) is 2.36. The zero-order valence-electron chi connectivity index (χ0n) is 15.9. The number of ether oxygens (including phenoxy) is 3. The molecule has 6 heteroatoms. The Labute approximate surface area is 164 Å². The van der Waals surface area contributed by atoms with Gasteiger partial charge >= 0.3 is 0 Å². The van der Waals surface area contributed by atoms with E-state index in [0.717, 1.165) is 60.9 Å². The maximum atomic E-state index is 6.63. The number of benzene rings is 2. The molecule has 144 valence electrons. The van der Waals surface area contributed by atoms with Gasteiger partial charge in [-0.1, -0.05) is 18.2 Å². The fraction of sp³-hybridized carbons (Fsp3) is 0.409. The molecule has 0 aromatic heterocycles. The van der Waals surface area contributed by atoms with Crippen molar-refractivity contribution in [3.63, 3.8) is 0 Å². The number of hydrazone groups is 1. The van der Waals surface area contributed by atoms with Crippen molar-refractivity contribution in [1.82, 2.24) is 9.91 Å². The van der Waals surface area contributed by atoms with E-state index in [-0.39, 0.29) is 18.6 Å². The molecule has 1 saturated heterocycles.